The summed E-state index contributed by atoms with van der Waals surface area (Å²) in [4.78, 5) is 25.2. The van der Waals surface area contributed by atoms with Gasteiger partial charge >= 0.3 is 0 Å². The van der Waals surface area contributed by atoms with Crippen molar-refractivity contribution in [3.63, 3.8) is 0 Å². The second kappa shape index (κ2) is 6.72. The summed E-state index contributed by atoms with van der Waals surface area (Å²) in [6, 6.07) is 9.43. The first kappa shape index (κ1) is 15.9. The summed E-state index contributed by atoms with van der Waals surface area (Å²) in [5.41, 5.74) is 4.58. The number of fused-ring (bicyclic) bond motifs is 1. The molecule has 0 aliphatic rings. The number of rotatable bonds is 4. The molecule has 0 fully saturated rings. The predicted molar refractivity (Wildman–Crippen MR) is 97.1 cm³/mol. The van der Waals surface area contributed by atoms with Crippen molar-refractivity contribution in [2.45, 2.75) is 6.54 Å². The van der Waals surface area contributed by atoms with Crippen LogP contribution in [0.4, 0.5) is 0 Å². The number of hydrogen-bond donors (Lipinski definition) is 1. The van der Waals surface area contributed by atoms with E-state index in [-0.39, 0.29) is 5.91 Å². The molecule has 1 aromatic carbocycles. The third-order valence-corrected chi connectivity index (χ3v) is 3.97. The number of nitrogens with one attached hydrogen (secondary N) is 1. The summed E-state index contributed by atoms with van der Waals surface area (Å²) in [5.74, 6) is -0.268. The number of nitrogens with zero attached hydrogens (tertiary/aromatic N) is 5. The van der Waals surface area contributed by atoms with Crippen LogP contribution in [0, 0.1) is 0 Å². The normalized spacial score (nSPS) is 10.8. The van der Waals surface area contributed by atoms with Gasteiger partial charge in [-0.2, -0.15) is 5.10 Å². The highest BCUT2D eigenvalue weighted by atomic mass is 16.1. The monoisotopic (exact) mass is 344 g/mol. The maximum Gasteiger partial charge on any atom is 0.271 e. The minimum atomic E-state index is -0.268. The molecule has 0 unspecified atom stereocenters. The Bertz CT molecular complexity index is 1090. The van der Waals surface area contributed by atoms with Crippen molar-refractivity contribution in [3.8, 4) is 11.1 Å². The molecule has 0 bridgehead atoms. The SMILES string of the molecule is Cn1cc(-c2cncc(CNC(=O)c3cnc4ccccc4n3)c2)cn1. The Morgan fingerprint density at radius 1 is 1.08 bits per heavy atom. The number of pyridine rings is 1. The number of carbonyl (C=O) groups excluding carboxylic acids is 1. The number of hydrogen-bond acceptors (Lipinski definition) is 5. The number of amides is 1. The van der Waals surface area contributed by atoms with E-state index in [0.29, 0.717) is 17.8 Å². The first-order valence-corrected chi connectivity index (χ1v) is 8.12. The first-order chi connectivity index (χ1) is 12.7. The van der Waals surface area contributed by atoms with Gasteiger partial charge in [0.25, 0.3) is 5.91 Å². The predicted octanol–water partition coefficient (Wildman–Crippen LogP) is 2.36. The van der Waals surface area contributed by atoms with Gasteiger partial charge in [-0.25, -0.2) is 4.98 Å². The molecule has 0 atom stereocenters. The zero-order valence-electron chi connectivity index (χ0n) is 14.1. The van der Waals surface area contributed by atoms with Crippen LogP contribution in [-0.2, 0) is 13.6 Å². The van der Waals surface area contributed by atoms with Crippen molar-refractivity contribution < 1.29 is 4.79 Å². The summed E-state index contributed by atoms with van der Waals surface area (Å²) in [7, 11) is 1.87. The molecule has 1 N–H and O–H groups in total. The van der Waals surface area contributed by atoms with Crippen LogP contribution in [-0.4, -0.2) is 30.6 Å². The van der Waals surface area contributed by atoms with E-state index in [2.05, 4.69) is 25.4 Å². The Morgan fingerprint density at radius 3 is 2.73 bits per heavy atom. The van der Waals surface area contributed by atoms with Crippen LogP contribution >= 0.6 is 0 Å². The van der Waals surface area contributed by atoms with E-state index in [4.69, 9.17) is 0 Å². The molecule has 0 aliphatic carbocycles. The van der Waals surface area contributed by atoms with Crippen molar-refractivity contribution in [2.75, 3.05) is 0 Å². The van der Waals surface area contributed by atoms with E-state index in [9.17, 15) is 4.79 Å². The van der Waals surface area contributed by atoms with Crippen LogP contribution in [0.15, 0.2) is 61.3 Å². The molecule has 0 saturated carbocycles. The van der Waals surface area contributed by atoms with Gasteiger partial charge in [0.1, 0.15) is 5.69 Å². The van der Waals surface area contributed by atoms with E-state index in [0.717, 1.165) is 22.2 Å². The van der Waals surface area contributed by atoms with Crippen molar-refractivity contribution in [1.82, 2.24) is 30.0 Å². The highest BCUT2D eigenvalue weighted by Crippen LogP contribution is 2.18. The lowest BCUT2D eigenvalue weighted by atomic mass is 10.1. The van der Waals surface area contributed by atoms with Crippen LogP contribution in [0.25, 0.3) is 22.2 Å². The third-order valence-electron chi connectivity index (χ3n) is 3.97. The van der Waals surface area contributed by atoms with E-state index >= 15 is 0 Å². The van der Waals surface area contributed by atoms with Crippen LogP contribution in [0.1, 0.15) is 16.1 Å². The molecule has 0 radical (unpaired) electrons. The second-order valence-corrected chi connectivity index (χ2v) is 5.91. The minimum Gasteiger partial charge on any atom is -0.347 e. The van der Waals surface area contributed by atoms with E-state index in [1.807, 2.05) is 43.6 Å². The van der Waals surface area contributed by atoms with Gasteiger partial charge in [0.2, 0.25) is 0 Å². The lowest BCUT2D eigenvalue weighted by Gasteiger charge is -2.06. The molecule has 0 saturated heterocycles. The number of para-hydroxylation sites is 2. The Morgan fingerprint density at radius 2 is 1.92 bits per heavy atom. The molecule has 1 amide bonds. The quantitative estimate of drug-likeness (QED) is 0.614. The fourth-order valence-electron chi connectivity index (χ4n) is 2.65. The van der Waals surface area contributed by atoms with Gasteiger partial charge in [-0.05, 0) is 23.8 Å². The number of aryl methyl sites for hydroxylation is 1. The molecular weight excluding hydrogens is 328 g/mol. The van der Waals surface area contributed by atoms with E-state index in [1.165, 1.54) is 6.20 Å². The smallest absolute Gasteiger partial charge is 0.271 e. The third kappa shape index (κ3) is 3.27. The van der Waals surface area contributed by atoms with Crippen LogP contribution in [0.5, 0.6) is 0 Å². The van der Waals surface area contributed by atoms with Gasteiger partial charge in [-0.1, -0.05) is 12.1 Å². The summed E-state index contributed by atoms with van der Waals surface area (Å²) in [6.45, 7) is 0.356. The van der Waals surface area contributed by atoms with Crippen molar-refractivity contribution in [2.24, 2.45) is 7.05 Å². The Hall–Kier alpha value is -3.61. The van der Waals surface area contributed by atoms with Gasteiger partial charge in [-0.15, -0.1) is 0 Å². The average Bonchev–Trinajstić information content (AvgIpc) is 3.12. The van der Waals surface area contributed by atoms with Gasteiger partial charge in [-0.3, -0.25) is 19.4 Å². The molecule has 3 heterocycles. The summed E-state index contributed by atoms with van der Waals surface area (Å²) in [5, 5.41) is 7.03. The maximum absolute atomic E-state index is 12.4. The standard InChI is InChI=1S/C19H16N6O/c1-25-12-15(10-23-25)14-6-13(7-20-9-14)8-22-19(26)18-11-21-16-4-2-3-5-17(16)24-18/h2-7,9-12H,8H2,1H3,(H,22,26). The molecule has 26 heavy (non-hydrogen) atoms. The summed E-state index contributed by atoms with van der Waals surface area (Å²) >= 11 is 0. The van der Waals surface area contributed by atoms with Crippen LogP contribution < -0.4 is 5.32 Å². The van der Waals surface area contributed by atoms with Crippen LogP contribution in [0.3, 0.4) is 0 Å². The molecule has 128 valence electrons. The average molecular weight is 344 g/mol. The van der Waals surface area contributed by atoms with Gasteiger partial charge in [0.15, 0.2) is 0 Å². The van der Waals surface area contributed by atoms with Crippen molar-refractivity contribution >= 4 is 16.9 Å². The summed E-state index contributed by atoms with van der Waals surface area (Å²) in [6.07, 6.45) is 8.69. The van der Waals surface area contributed by atoms with E-state index in [1.54, 1.807) is 23.3 Å². The zero-order valence-corrected chi connectivity index (χ0v) is 14.1. The lowest BCUT2D eigenvalue weighted by molar-refractivity contribution is 0.0946. The van der Waals surface area contributed by atoms with Crippen molar-refractivity contribution in [1.29, 1.82) is 0 Å². The molecule has 4 rings (SSSR count). The number of aromatic nitrogens is 5. The maximum atomic E-state index is 12.4. The molecule has 4 aromatic rings. The molecule has 7 nitrogen and oxygen atoms in total. The highest BCUT2D eigenvalue weighted by Gasteiger charge is 2.09. The van der Waals surface area contributed by atoms with Crippen LogP contribution in [0.2, 0.25) is 0 Å². The fraction of sp³-hybridized carbons (Fsp3) is 0.105. The fourth-order valence-corrected chi connectivity index (χ4v) is 2.65. The van der Waals surface area contributed by atoms with Gasteiger partial charge in [0, 0.05) is 43.3 Å². The minimum absolute atomic E-state index is 0.268. The zero-order chi connectivity index (χ0) is 17.9. The molecule has 0 spiro atoms. The molecule has 7 heteroatoms. The second-order valence-electron chi connectivity index (χ2n) is 5.91. The first-order valence-electron chi connectivity index (χ1n) is 8.12. The van der Waals surface area contributed by atoms with E-state index < -0.39 is 0 Å². The van der Waals surface area contributed by atoms with Crippen molar-refractivity contribution in [3.05, 3.63) is 72.6 Å². The Kier molecular flexibility index (Phi) is 4.10. The Balaban J connectivity index is 1.48. The molecule has 0 aliphatic heterocycles. The molecule has 3 aromatic heterocycles. The molecular formula is C19H16N6O. The number of benzene rings is 1. The van der Waals surface area contributed by atoms with Gasteiger partial charge < -0.3 is 5.32 Å². The lowest BCUT2D eigenvalue weighted by Crippen LogP contribution is -2.24. The number of carbonyl (C=O) groups is 1. The largest absolute Gasteiger partial charge is 0.347 e. The topological polar surface area (TPSA) is 85.6 Å². The van der Waals surface area contributed by atoms with Gasteiger partial charge in [0.05, 0.1) is 23.4 Å². The highest BCUT2D eigenvalue weighted by molar-refractivity contribution is 5.93. The Labute approximate surface area is 149 Å². The summed E-state index contributed by atoms with van der Waals surface area (Å²) < 4.78 is 1.74.